The molecule has 0 saturated carbocycles. The summed E-state index contributed by atoms with van der Waals surface area (Å²) in [6, 6.07) is 0. The van der Waals surface area contributed by atoms with Crippen molar-refractivity contribution < 1.29 is 24.2 Å². The zero-order valence-corrected chi connectivity index (χ0v) is 13.2. The van der Waals surface area contributed by atoms with Crippen molar-refractivity contribution in [3.8, 4) is 0 Å². The molecule has 0 bridgehead atoms. The standard InChI is InChI=1S/C7H11ClO3.C6H11NO2/c1-5(3-8)7(10)11-4-6(2)9;1-5(8)4-6(9)7(2)3/h3,6,9H,4H2,1-2H3;4H2,1-3H3. The van der Waals surface area contributed by atoms with Crippen LogP contribution in [0.3, 0.4) is 0 Å². The maximum absolute atomic E-state index is 10.8. The maximum atomic E-state index is 10.8. The number of esters is 1. The molecule has 0 aliphatic carbocycles. The number of halogens is 1. The second kappa shape index (κ2) is 11.4. The van der Waals surface area contributed by atoms with E-state index < -0.39 is 12.1 Å². The Balaban J connectivity index is 0. The minimum Gasteiger partial charge on any atom is -0.460 e. The lowest BCUT2D eigenvalue weighted by molar-refractivity contribution is -0.141. The minimum atomic E-state index is -0.637. The van der Waals surface area contributed by atoms with Gasteiger partial charge in [0.2, 0.25) is 5.91 Å². The molecule has 0 rings (SSSR count). The van der Waals surface area contributed by atoms with Crippen molar-refractivity contribution in [2.45, 2.75) is 33.3 Å². The van der Waals surface area contributed by atoms with Crippen molar-refractivity contribution in [2.75, 3.05) is 20.7 Å². The Hall–Kier alpha value is -1.40. The highest BCUT2D eigenvalue weighted by atomic mass is 35.5. The summed E-state index contributed by atoms with van der Waals surface area (Å²) in [6.07, 6.45) is -0.616. The van der Waals surface area contributed by atoms with Crippen LogP contribution < -0.4 is 0 Å². The smallest absolute Gasteiger partial charge is 0.334 e. The second-order valence-electron chi connectivity index (χ2n) is 4.41. The van der Waals surface area contributed by atoms with E-state index in [2.05, 4.69) is 4.74 Å². The van der Waals surface area contributed by atoms with E-state index in [0.717, 1.165) is 5.54 Å². The van der Waals surface area contributed by atoms with Gasteiger partial charge in [0.1, 0.15) is 12.4 Å². The maximum Gasteiger partial charge on any atom is 0.334 e. The van der Waals surface area contributed by atoms with Crippen molar-refractivity contribution in [2.24, 2.45) is 0 Å². The highest BCUT2D eigenvalue weighted by Crippen LogP contribution is 1.98. The fourth-order valence-corrected chi connectivity index (χ4v) is 0.815. The van der Waals surface area contributed by atoms with E-state index in [4.69, 9.17) is 16.7 Å². The molecule has 1 N–H and O–H groups in total. The predicted octanol–water partition coefficient (Wildman–Crippen LogP) is 1.11. The first-order valence-corrected chi connectivity index (χ1v) is 6.37. The summed E-state index contributed by atoms with van der Waals surface area (Å²) in [5, 5.41) is 8.73. The monoisotopic (exact) mass is 307 g/mol. The summed E-state index contributed by atoms with van der Waals surface area (Å²) < 4.78 is 4.61. The number of ether oxygens (including phenoxy) is 1. The van der Waals surface area contributed by atoms with Gasteiger partial charge in [-0.3, -0.25) is 9.59 Å². The van der Waals surface area contributed by atoms with Crippen LogP contribution in [0.5, 0.6) is 0 Å². The molecule has 0 fully saturated rings. The lowest BCUT2D eigenvalue weighted by atomic mass is 10.3. The molecule has 0 aromatic rings. The van der Waals surface area contributed by atoms with Crippen LogP contribution in [0.15, 0.2) is 11.1 Å². The zero-order valence-electron chi connectivity index (χ0n) is 12.5. The number of carbonyl (C=O) groups is 3. The van der Waals surface area contributed by atoms with E-state index in [-0.39, 0.29) is 24.7 Å². The van der Waals surface area contributed by atoms with Gasteiger partial charge >= 0.3 is 5.97 Å². The number of Topliss-reactive ketones (excluding diaryl/α,β-unsaturated/α-hetero) is 1. The Morgan fingerprint density at radius 3 is 2.05 bits per heavy atom. The van der Waals surface area contributed by atoms with E-state index in [0.29, 0.717) is 5.57 Å². The molecule has 0 aliphatic rings. The molecule has 1 atom stereocenters. The largest absolute Gasteiger partial charge is 0.460 e. The normalized spacial score (nSPS) is 11.8. The second-order valence-corrected chi connectivity index (χ2v) is 4.62. The molecule has 0 radical (unpaired) electrons. The van der Waals surface area contributed by atoms with Gasteiger partial charge in [-0.15, -0.1) is 0 Å². The molecular formula is C13H22ClNO5. The number of hydrogen-bond acceptors (Lipinski definition) is 5. The highest BCUT2D eigenvalue weighted by Gasteiger charge is 2.06. The Bertz CT molecular complexity index is 364. The molecule has 1 amide bonds. The summed E-state index contributed by atoms with van der Waals surface area (Å²) in [5.74, 6) is -0.725. The molecule has 1 unspecified atom stereocenters. The van der Waals surface area contributed by atoms with Crippen molar-refractivity contribution in [1.29, 1.82) is 0 Å². The van der Waals surface area contributed by atoms with Crippen LogP contribution in [-0.2, 0) is 19.1 Å². The summed E-state index contributed by atoms with van der Waals surface area (Å²) >= 11 is 5.24. The van der Waals surface area contributed by atoms with E-state index >= 15 is 0 Å². The molecule has 0 aromatic heterocycles. The number of aliphatic hydroxyl groups is 1. The fourth-order valence-electron chi connectivity index (χ4n) is 0.726. The van der Waals surface area contributed by atoms with E-state index in [1.54, 1.807) is 14.1 Å². The molecule has 0 heterocycles. The summed E-state index contributed by atoms with van der Waals surface area (Å²) in [5.41, 5.74) is 1.47. The lowest BCUT2D eigenvalue weighted by Crippen LogP contribution is -2.23. The van der Waals surface area contributed by atoms with Gasteiger partial charge in [0.25, 0.3) is 0 Å². The Morgan fingerprint density at radius 2 is 1.80 bits per heavy atom. The molecule has 0 aliphatic heterocycles. The molecule has 0 aromatic carbocycles. The van der Waals surface area contributed by atoms with Gasteiger partial charge in [0.15, 0.2) is 0 Å². The number of hydrogen-bond donors (Lipinski definition) is 1. The van der Waals surface area contributed by atoms with E-state index in [1.807, 2.05) is 0 Å². The fraction of sp³-hybridized carbons (Fsp3) is 0.615. The number of aliphatic hydroxyl groups excluding tert-OH is 1. The predicted molar refractivity (Wildman–Crippen MR) is 76.2 cm³/mol. The number of rotatable bonds is 5. The molecule has 116 valence electrons. The topological polar surface area (TPSA) is 83.9 Å². The molecule has 0 spiro atoms. The zero-order chi connectivity index (χ0) is 16.3. The van der Waals surface area contributed by atoms with Crippen LogP contribution in [0.4, 0.5) is 0 Å². The molecule has 7 heteroatoms. The summed E-state index contributed by atoms with van der Waals surface area (Å²) in [4.78, 5) is 33.2. The number of amides is 1. The lowest BCUT2D eigenvalue weighted by Gasteiger charge is -2.06. The molecule has 0 saturated heterocycles. The van der Waals surface area contributed by atoms with E-state index in [1.165, 1.54) is 25.7 Å². The first-order chi connectivity index (χ1) is 9.11. The third-order valence-corrected chi connectivity index (χ3v) is 2.17. The van der Waals surface area contributed by atoms with Crippen LogP contribution in [0.25, 0.3) is 0 Å². The quantitative estimate of drug-likeness (QED) is 0.467. The Morgan fingerprint density at radius 1 is 1.30 bits per heavy atom. The van der Waals surface area contributed by atoms with Crippen LogP contribution in [-0.4, -0.2) is 54.5 Å². The number of carbonyl (C=O) groups excluding carboxylic acids is 3. The van der Waals surface area contributed by atoms with Gasteiger partial charge in [-0.05, 0) is 20.8 Å². The minimum absolute atomic E-state index is 0.000895. The van der Waals surface area contributed by atoms with Crippen molar-refractivity contribution in [3.05, 3.63) is 11.1 Å². The van der Waals surface area contributed by atoms with Crippen LogP contribution in [0.1, 0.15) is 27.2 Å². The van der Waals surface area contributed by atoms with Gasteiger partial charge < -0.3 is 14.7 Å². The van der Waals surface area contributed by atoms with Crippen LogP contribution >= 0.6 is 11.6 Å². The van der Waals surface area contributed by atoms with Crippen molar-refractivity contribution in [1.82, 2.24) is 4.90 Å². The average molecular weight is 308 g/mol. The van der Waals surface area contributed by atoms with Gasteiger partial charge in [-0.1, -0.05) is 11.6 Å². The van der Waals surface area contributed by atoms with Gasteiger partial charge in [0.05, 0.1) is 12.5 Å². The number of nitrogens with zero attached hydrogens (tertiary/aromatic N) is 1. The van der Waals surface area contributed by atoms with Gasteiger partial charge in [-0.2, -0.15) is 0 Å². The molecule has 20 heavy (non-hydrogen) atoms. The van der Waals surface area contributed by atoms with Crippen LogP contribution in [0.2, 0.25) is 0 Å². The third kappa shape index (κ3) is 13.0. The Kier molecular flexibility index (Phi) is 11.9. The summed E-state index contributed by atoms with van der Waals surface area (Å²) in [6.45, 7) is 4.48. The molecule has 6 nitrogen and oxygen atoms in total. The SMILES string of the molecule is CC(=CCl)C(=O)OCC(C)O.CC(=O)CC(=O)N(C)C. The Labute approximate surface area is 124 Å². The first-order valence-electron chi connectivity index (χ1n) is 5.93. The van der Waals surface area contributed by atoms with Crippen LogP contribution in [0, 0.1) is 0 Å². The van der Waals surface area contributed by atoms with Crippen molar-refractivity contribution in [3.63, 3.8) is 0 Å². The van der Waals surface area contributed by atoms with E-state index in [9.17, 15) is 14.4 Å². The van der Waals surface area contributed by atoms with Gasteiger partial charge in [-0.25, -0.2) is 4.79 Å². The number of ketones is 1. The molecular weight excluding hydrogens is 286 g/mol. The third-order valence-electron chi connectivity index (χ3n) is 1.84. The van der Waals surface area contributed by atoms with Gasteiger partial charge in [0, 0.05) is 25.2 Å². The highest BCUT2D eigenvalue weighted by molar-refractivity contribution is 6.27. The summed E-state index contributed by atoms with van der Waals surface area (Å²) in [7, 11) is 3.26. The average Bonchev–Trinajstić information content (AvgIpc) is 2.34. The first kappa shape index (κ1) is 20.9. The van der Waals surface area contributed by atoms with Crippen molar-refractivity contribution >= 4 is 29.3 Å².